The molecule has 0 spiro atoms. The summed E-state index contributed by atoms with van der Waals surface area (Å²) < 4.78 is 5.38. The largest absolute Gasteiger partial charge is 0.388 e. The van der Waals surface area contributed by atoms with E-state index in [4.69, 9.17) is 4.74 Å². The number of hydrogen-bond acceptors (Lipinski definition) is 8. The Hall–Kier alpha value is -3.80. The van der Waals surface area contributed by atoms with Crippen molar-refractivity contribution in [2.45, 2.75) is 59.0 Å². The minimum absolute atomic E-state index is 0.128. The summed E-state index contributed by atoms with van der Waals surface area (Å²) in [7, 11) is 1.94. The Morgan fingerprint density at radius 3 is 2.49 bits per heavy atom. The van der Waals surface area contributed by atoms with Crippen LogP contribution in [0.4, 0.5) is 11.4 Å². The van der Waals surface area contributed by atoms with Crippen molar-refractivity contribution in [2.75, 3.05) is 57.1 Å². The number of aromatic nitrogens is 1. The van der Waals surface area contributed by atoms with Gasteiger partial charge in [-0.15, -0.1) is 11.3 Å². The maximum absolute atomic E-state index is 13.0. The monoisotopic (exact) mass is 634 g/mol. The summed E-state index contributed by atoms with van der Waals surface area (Å²) in [6.07, 6.45) is 2.55. The van der Waals surface area contributed by atoms with Crippen LogP contribution in [0.15, 0.2) is 42.6 Å². The maximum Gasteiger partial charge on any atom is 0.267 e. The fourth-order valence-corrected chi connectivity index (χ4v) is 6.35. The molecule has 5 rings (SSSR count). The molecule has 0 saturated carbocycles. The second kappa shape index (κ2) is 14.5. The van der Waals surface area contributed by atoms with Gasteiger partial charge in [0.15, 0.2) is 0 Å². The van der Waals surface area contributed by atoms with E-state index in [1.807, 2.05) is 19.3 Å². The number of carbonyl (C=O) groups excluding carboxylic acids is 3. The third-order valence-electron chi connectivity index (χ3n) is 8.13. The molecule has 2 aliphatic heterocycles. The van der Waals surface area contributed by atoms with Crippen LogP contribution >= 0.6 is 11.3 Å². The number of anilines is 2. The number of nitrogens with zero attached hydrogens (tertiary/aromatic N) is 3. The molecule has 0 aliphatic carbocycles. The molecule has 2 saturated heterocycles. The van der Waals surface area contributed by atoms with Crippen LogP contribution in [-0.2, 0) is 26.3 Å². The molecule has 10 nitrogen and oxygen atoms in total. The number of morpholine rings is 1. The van der Waals surface area contributed by atoms with Crippen LogP contribution in [0.1, 0.15) is 60.4 Å². The minimum atomic E-state index is -0.917. The van der Waals surface area contributed by atoms with Gasteiger partial charge in [0.2, 0.25) is 12.3 Å². The molecule has 11 heteroatoms. The Bertz CT molecular complexity index is 1490. The summed E-state index contributed by atoms with van der Waals surface area (Å²) in [6.45, 7) is 17.2. The molecule has 0 unspecified atom stereocenters. The van der Waals surface area contributed by atoms with Crippen LogP contribution in [0, 0.1) is 6.92 Å². The van der Waals surface area contributed by atoms with E-state index in [9.17, 15) is 14.4 Å². The highest BCUT2D eigenvalue weighted by Crippen LogP contribution is 2.37. The normalized spacial score (nSPS) is 16.7. The number of aryl methyl sites for hydroxylation is 1. The topological polar surface area (TPSA) is 116 Å². The molecular formula is C34H46N6O4S. The molecule has 3 amide bonds. The molecule has 2 aromatic heterocycles. The summed E-state index contributed by atoms with van der Waals surface area (Å²) in [5.41, 5.74) is 5.36. The first kappa shape index (κ1) is 34.1. The third kappa shape index (κ3) is 8.27. The smallest absolute Gasteiger partial charge is 0.267 e. The first-order valence-corrected chi connectivity index (χ1v) is 16.2. The van der Waals surface area contributed by atoms with Crippen LogP contribution in [0.25, 0.3) is 11.1 Å². The second-order valence-corrected chi connectivity index (χ2v) is 13.9. The van der Waals surface area contributed by atoms with Crippen molar-refractivity contribution in [1.82, 2.24) is 20.1 Å². The minimum Gasteiger partial charge on any atom is -0.388 e. The fraction of sp³-hybridized carbons (Fsp3) is 0.471. The molecule has 4 heterocycles. The quantitative estimate of drug-likeness (QED) is 0.317. The molecule has 1 aromatic carbocycles. The number of hydrogen-bond donors (Lipinski definition) is 3. The molecule has 0 atom stereocenters. The van der Waals surface area contributed by atoms with Crippen molar-refractivity contribution in [3.63, 3.8) is 0 Å². The highest BCUT2D eigenvalue weighted by molar-refractivity contribution is 7.14. The van der Waals surface area contributed by atoms with E-state index < -0.39 is 5.54 Å². The molecular weight excluding hydrogens is 588 g/mol. The number of carbonyl (C=O) groups is 3. The van der Waals surface area contributed by atoms with Gasteiger partial charge in [0.25, 0.3) is 5.91 Å². The highest BCUT2D eigenvalue weighted by Gasteiger charge is 2.42. The Morgan fingerprint density at radius 1 is 1.13 bits per heavy atom. The van der Waals surface area contributed by atoms with Crippen LogP contribution in [-0.4, -0.2) is 85.0 Å². The third-order valence-corrected chi connectivity index (χ3v) is 9.68. The van der Waals surface area contributed by atoms with Gasteiger partial charge in [-0.1, -0.05) is 32.9 Å². The number of nitrogens with one attached hydrogen (secondary N) is 3. The van der Waals surface area contributed by atoms with Gasteiger partial charge in [-0.3, -0.25) is 24.3 Å². The fourth-order valence-electron chi connectivity index (χ4n) is 5.22. The lowest BCUT2D eigenvalue weighted by Crippen LogP contribution is -2.63. The van der Waals surface area contributed by atoms with Gasteiger partial charge in [-0.2, -0.15) is 0 Å². The van der Waals surface area contributed by atoms with E-state index in [2.05, 4.69) is 83.9 Å². The zero-order chi connectivity index (χ0) is 32.8. The molecule has 2 fully saturated rings. The lowest BCUT2D eigenvalue weighted by molar-refractivity contribution is -0.133. The van der Waals surface area contributed by atoms with E-state index in [0.717, 1.165) is 49.1 Å². The number of amides is 3. The number of piperazine rings is 1. The van der Waals surface area contributed by atoms with Gasteiger partial charge in [-0.05, 0) is 61.6 Å². The highest BCUT2D eigenvalue weighted by atomic mass is 32.1. The van der Waals surface area contributed by atoms with Crippen molar-refractivity contribution >= 4 is 40.9 Å². The molecule has 3 N–H and O–H groups in total. The number of benzene rings is 1. The van der Waals surface area contributed by atoms with Gasteiger partial charge in [0.05, 0.1) is 24.6 Å². The van der Waals surface area contributed by atoms with Crippen molar-refractivity contribution in [3.8, 4) is 11.1 Å². The van der Waals surface area contributed by atoms with E-state index >= 15 is 0 Å². The van der Waals surface area contributed by atoms with Gasteiger partial charge < -0.3 is 25.6 Å². The van der Waals surface area contributed by atoms with Crippen molar-refractivity contribution in [3.05, 3.63) is 63.6 Å². The summed E-state index contributed by atoms with van der Waals surface area (Å²) in [4.78, 5) is 46.0. The predicted octanol–water partition coefficient (Wildman–Crippen LogP) is 4.90. The first-order valence-electron chi connectivity index (χ1n) is 15.3. The molecule has 45 heavy (non-hydrogen) atoms. The molecule has 242 valence electrons. The van der Waals surface area contributed by atoms with Crippen LogP contribution in [0.5, 0.6) is 0 Å². The molecule has 2 aliphatic rings. The van der Waals surface area contributed by atoms with Crippen molar-refractivity contribution in [1.29, 1.82) is 0 Å². The van der Waals surface area contributed by atoms with Gasteiger partial charge in [-0.25, -0.2) is 0 Å². The van der Waals surface area contributed by atoms with Crippen LogP contribution in [0.3, 0.4) is 0 Å². The number of ether oxygens (including phenoxy) is 1. The Labute approximate surface area is 270 Å². The number of thiophene rings is 1. The lowest BCUT2D eigenvalue weighted by Gasteiger charge is -2.41. The SMILES string of the molecule is CC(C)(C)c1cc(NC=O)c(C(=O)N2CCNC(=O)C2(C)C)s1.CNc1ccc(C)c(-c2ccc(CN3CCOCC3)nc2)c1. The summed E-state index contributed by atoms with van der Waals surface area (Å²) in [5.74, 6) is -0.399. The van der Waals surface area contributed by atoms with Crippen molar-refractivity contribution < 1.29 is 19.1 Å². The Kier molecular flexibility index (Phi) is 11.0. The number of rotatable bonds is 7. The zero-order valence-corrected chi connectivity index (χ0v) is 28.3. The second-order valence-electron chi connectivity index (χ2n) is 12.8. The Morgan fingerprint density at radius 2 is 1.87 bits per heavy atom. The predicted molar refractivity (Wildman–Crippen MR) is 181 cm³/mol. The molecule has 0 bridgehead atoms. The first-order chi connectivity index (χ1) is 21.3. The molecule has 3 aromatic rings. The van der Waals surface area contributed by atoms with E-state index in [1.165, 1.54) is 28.0 Å². The van der Waals surface area contributed by atoms with Gasteiger partial charge >= 0.3 is 0 Å². The summed E-state index contributed by atoms with van der Waals surface area (Å²) in [5, 5.41) is 8.58. The summed E-state index contributed by atoms with van der Waals surface area (Å²) in [6, 6.07) is 12.6. The zero-order valence-electron chi connectivity index (χ0n) is 27.5. The average molecular weight is 635 g/mol. The lowest BCUT2D eigenvalue weighted by atomic mass is 9.94. The van der Waals surface area contributed by atoms with Gasteiger partial charge in [0.1, 0.15) is 10.4 Å². The van der Waals surface area contributed by atoms with Crippen LogP contribution in [0.2, 0.25) is 0 Å². The van der Waals surface area contributed by atoms with E-state index in [0.29, 0.717) is 30.1 Å². The van der Waals surface area contributed by atoms with E-state index in [1.54, 1.807) is 18.7 Å². The van der Waals surface area contributed by atoms with Crippen molar-refractivity contribution in [2.24, 2.45) is 0 Å². The Balaban J connectivity index is 0.000000205. The van der Waals surface area contributed by atoms with E-state index in [-0.39, 0.29) is 17.2 Å². The van der Waals surface area contributed by atoms with Gasteiger partial charge in [0, 0.05) is 62.1 Å². The van der Waals surface area contributed by atoms with Crippen LogP contribution < -0.4 is 16.0 Å². The maximum atomic E-state index is 13.0. The summed E-state index contributed by atoms with van der Waals surface area (Å²) >= 11 is 1.37. The standard InChI is InChI=1S/C18H23N3O.C16H23N3O3S/c1-14-3-5-16(19-2)11-18(14)15-4-6-17(20-12-15)13-21-7-9-22-10-8-21;1-15(2,3)11-8-10(18-9-20)12(23-11)13(21)19-7-6-17-14(22)16(19,4)5/h3-6,11-12,19H,7-10,13H2,1-2H3;8-9H,6-7H2,1-5H3,(H,17,22)(H,18,20). The average Bonchev–Trinajstić information content (AvgIpc) is 3.45. The number of pyridine rings is 1. The molecule has 0 radical (unpaired) electrons.